The zero-order valence-electron chi connectivity index (χ0n) is 16.5. The highest BCUT2D eigenvalue weighted by atomic mass is 35.5. The molecule has 1 fully saturated rings. The van der Waals surface area contributed by atoms with Gasteiger partial charge in [-0.3, -0.25) is 9.69 Å². The van der Waals surface area contributed by atoms with Crippen LogP contribution in [0, 0.1) is 6.92 Å². The Morgan fingerprint density at radius 3 is 2.48 bits per heavy atom. The molecule has 1 aliphatic rings. The summed E-state index contributed by atoms with van der Waals surface area (Å²) in [6.07, 6.45) is 0. The molecule has 154 valence electrons. The average Bonchev–Trinajstić information content (AvgIpc) is 2.72. The fraction of sp³-hybridized carbons (Fsp3) is 0.364. The molecule has 0 radical (unpaired) electrons. The lowest BCUT2D eigenvalue weighted by Crippen LogP contribution is -2.49. The predicted molar refractivity (Wildman–Crippen MR) is 111 cm³/mol. The molecular weight excluding hydrogens is 392 g/mol. The SMILES string of the molecule is Cc1cccc(CN2CCN(C(=O)COC(=O)COc3ccccc3Cl)CC2)c1. The van der Waals surface area contributed by atoms with Gasteiger partial charge in [-0.2, -0.15) is 0 Å². The van der Waals surface area contributed by atoms with Crippen molar-refractivity contribution >= 4 is 23.5 Å². The number of ether oxygens (including phenoxy) is 2. The molecule has 2 aromatic carbocycles. The van der Waals surface area contributed by atoms with Crippen molar-refractivity contribution in [1.82, 2.24) is 9.80 Å². The molecule has 29 heavy (non-hydrogen) atoms. The molecule has 7 heteroatoms. The lowest BCUT2D eigenvalue weighted by atomic mass is 10.1. The number of para-hydroxylation sites is 1. The molecule has 0 bridgehead atoms. The van der Waals surface area contributed by atoms with Gasteiger partial charge in [0.25, 0.3) is 5.91 Å². The van der Waals surface area contributed by atoms with Crippen molar-refractivity contribution in [2.75, 3.05) is 39.4 Å². The number of esters is 1. The summed E-state index contributed by atoms with van der Waals surface area (Å²) in [5, 5.41) is 0.417. The Bertz CT molecular complexity index is 850. The van der Waals surface area contributed by atoms with Gasteiger partial charge in [0.05, 0.1) is 5.02 Å². The molecule has 0 N–H and O–H groups in total. The van der Waals surface area contributed by atoms with Crippen molar-refractivity contribution in [2.24, 2.45) is 0 Å². The number of carbonyl (C=O) groups excluding carboxylic acids is 2. The first-order valence-electron chi connectivity index (χ1n) is 9.60. The molecular formula is C22H25ClN2O4. The van der Waals surface area contributed by atoms with Gasteiger partial charge in [0.1, 0.15) is 5.75 Å². The maximum atomic E-state index is 12.3. The molecule has 1 heterocycles. The summed E-state index contributed by atoms with van der Waals surface area (Å²) in [6, 6.07) is 15.3. The smallest absolute Gasteiger partial charge is 0.344 e. The quantitative estimate of drug-likeness (QED) is 0.649. The predicted octanol–water partition coefficient (Wildman–Crippen LogP) is 2.91. The van der Waals surface area contributed by atoms with E-state index in [2.05, 4.69) is 36.1 Å². The molecule has 0 spiro atoms. The maximum Gasteiger partial charge on any atom is 0.344 e. The third kappa shape index (κ3) is 6.48. The standard InChI is InChI=1S/C22H25ClN2O4/c1-17-5-4-6-18(13-17)14-24-9-11-25(12-10-24)21(26)15-29-22(27)16-28-20-8-3-2-7-19(20)23/h2-8,13H,9-12,14-16H2,1H3. The second kappa shape index (κ2) is 10.3. The van der Waals surface area contributed by atoms with Gasteiger partial charge in [0, 0.05) is 32.7 Å². The van der Waals surface area contributed by atoms with Crippen molar-refractivity contribution in [2.45, 2.75) is 13.5 Å². The van der Waals surface area contributed by atoms with Crippen molar-refractivity contribution in [3.63, 3.8) is 0 Å². The zero-order chi connectivity index (χ0) is 20.6. The van der Waals surface area contributed by atoms with Gasteiger partial charge in [0.2, 0.25) is 0 Å². The van der Waals surface area contributed by atoms with E-state index >= 15 is 0 Å². The summed E-state index contributed by atoms with van der Waals surface area (Å²) in [5.41, 5.74) is 2.52. The Labute approximate surface area is 176 Å². The maximum absolute atomic E-state index is 12.3. The first-order chi connectivity index (χ1) is 14.0. The topological polar surface area (TPSA) is 59.1 Å². The number of rotatable bonds is 7. The lowest BCUT2D eigenvalue weighted by Gasteiger charge is -2.34. The van der Waals surface area contributed by atoms with E-state index in [0.29, 0.717) is 23.9 Å². The second-order valence-electron chi connectivity index (χ2n) is 7.03. The van der Waals surface area contributed by atoms with Crippen LogP contribution in [-0.2, 0) is 20.9 Å². The molecule has 1 aliphatic heterocycles. The number of halogens is 1. The number of aryl methyl sites for hydroxylation is 1. The molecule has 6 nitrogen and oxygen atoms in total. The van der Waals surface area contributed by atoms with Crippen molar-refractivity contribution in [3.05, 3.63) is 64.7 Å². The van der Waals surface area contributed by atoms with E-state index < -0.39 is 5.97 Å². The molecule has 0 saturated carbocycles. The second-order valence-corrected chi connectivity index (χ2v) is 7.43. The minimum atomic E-state index is -0.601. The highest BCUT2D eigenvalue weighted by Crippen LogP contribution is 2.22. The molecule has 0 aliphatic carbocycles. The Morgan fingerprint density at radius 1 is 1.00 bits per heavy atom. The third-order valence-corrected chi connectivity index (χ3v) is 5.06. The number of carbonyl (C=O) groups is 2. The van der Waals surface area contributed by atoms with Crippen molar-refractivity contribution in [3.8, 4) is 5.75 Å². The van der Waals surface area contributed by atoms with Crippen LogP contribution in [0.1, 0.15) is 11.1 Å². The van der Waals surface area contributed by atoms with Crippen molar-refractivity contribution < 1.29 is 19.1 Å². The molecule has 1 saturated heterocycles. The van der Waals surface area contributed by atoms with Crippen LogP contribution >= 0.6 is 11.6 Å². The van der Waals surface area contributed by atoms with E-state index in [9.17, 15) is 9.59 Å². The van der Waals surface area contributed by atoms with E-state index in [4.69, 9.17) is 21.1 Å². The average molecular weight is 417 g/mol. The van der Waals surface area contributed by atoms with Gasteiger partial charge in [-0.05, 0) is 24.6 Å². The van der Waals surface area contributed by atoms with Crippen LogP contribution in [0.5, 0.6) is 5.75 Å². The third-order valence-electron chi connectivity index (χ3n) is 4.75. The Kier molecular flexibility index (Phi) is 7.49. The first-order valence-corrected chi connectivity index (χ1v) is 9.97. The highest BCUT2D eigenvalue weighted by Gasteiger charge is 2.22. The number of hydrogen-bond acceptors (Lipinski definition) is 5. The molecule has 2 aromatic rings. The van der Waals surface area contributed by atoms with Gasteiger partial charge >= 0.3 is 5.97 Å². The fourth-order valence-corrected chi connectivity index (χ4v) is 3.39. The Hall–Kier alpha value is -2.57. The van der Waals surface area contributed by atoms with Crippen LogP contribution in [0.15, 0.2) is 48.5 Å². The summed E-state index contributed by atoms with van der Waals surface area (Å²) in [4.78, 5) is 28.2. The van der Waals surface area contributed by atoms with Crippen LogP contribution in [-0.4, -0.2) is 61.1 Å². The first kappa shape index (κ1) is 21.1. The highest BCUT2D eigenvalue weighted by molar-refractivity contribution is 6.32. The minimum absolute atomic E-state index is 0.189. The fourth-order valence-electron chi connectivity index (χ4n) is 3.20. The molecule has 0 aromatic heterocycles. The molecule has 1 amide bonds. The number of amides is 1. The van der Waals surface area contributed by atoms with Crippen LogP contribution in [0.25, 0.3) is 0 Å². The minimum Gasteiger partial charge on any atom is -0.480 e. The summed E-state index contributed by atoms with van der Waals surface area (Å²) >= 11 is 5.97. The molecule has 3 rings (SSSR count). The van der Waals surface area contributed by atoms with Gasteiger partial charge in [-0.15, -0.1) is 0 Å². The normalized spacial score (nSPS) is 14.5. The van der Waals surface area contributed by atoms with Gasteiger partial charge < -0.3 is 14.4 Å². The van der Waals surface area contributed by atoms with Crippen LogP contribution < -0.4 is 4.74 Å². The van der Waals surface area contributed by atoms with Gasteiger partial charge in [0.15, 0.2) is 13.2 Å². The van der Waals surface area contributed by atoms with E-state index in [-0.39, 0.29) is 19.1 Å². The monoisotopic (exact) mass is 416 g/mol. The van der Waals surface area contributed by atoms with E-state index in [1.807, 2.05) is 0 Å². The molecule has 0 unspecified atom stereocenters. The lowest BCUT2D eigenvalue weighted by molar-refractivity contribution is -0.154. The van der Waals surface area contributed by atoms with E-state index in [1.165, 1.54) is 11.1 Å². The van der Waals surface area contributed by atoms with Crippen LogP contribution in [0.2, 0.25) is 5.02 Å². The summed E-state index contributed by atoms with van der Waals surface area (Å²) in [6.45, 7) is 5.23. The Balaban J connectivity index is 1.36. The van der Waals surface area contributed by atoms with Gasteiger partial charge in [-0.25, -0.2) is 4.79 Å². The number of hydrogen-bond donors (Lipinski definition) is 0. The number of piperazine rings is 1. The number of benzene rings is 2. The summed E-state index contributed by atoms with van der Waals surface area (Å²) in [5.74, 6) is -0.384. The largest absolute Gasteiger partial charge is 0.480 e. The van der Waals surface area contributed by atoms with Crippen LogP contribution in [0.3, 0.4) is 0 Å². The van der Waals surface area contributed by atoms with E-state index in [0.717, 1.165) is 19.6 Å². The Morgan fingerprint density at radius 2 is 1.76 bits per heavy atom. The number of nitrogens with zero attached hydrogens (tertiary/aromatic N) is 2. The van der Waals surface area contributed by atoms with Crippen LogP contribution in [0.4, 0.5) is 0 Å². The summed E-state index contributed by atoms with van der Waals surface area (Å²) < 4.78 is 10.4. The van der Waals surface area contributed by atoms with Gasteiger partial charge in [-0.1, -0.05) is 53.6 Å². The zero-order valence-corrected chi connectivity index (χ0v) is 17.2. The van der Waals surface area contributed by atoms with Crippen molar-refractivity contribution in [1.29, 1.82) is 0 Å². The van der Waals surface area contributed by atoms with E-state index in [1.54, 1.807) is 29.2 Å². The summed E-state index contributed by atoms with van der Waals surface area (Å²) in [7, 11) is 0. The molecule has 0 atom stereocenters.